The lowest BCUT2D eigenvalue weighted by molar-refractivity contribution is -0.135. The zero-order valence-electron chi connectivity index (χ0n) is 10.5. The monoisotopic (exact) mass is 235 g/mol. The number of carbonyl (C=O) groups is 1. The summed E-state index contributed by atoms with van der Waals surface area (Å²) in [5, 5.41) is 2.97. The zero-order chi connectivity index (χ0) is 12.3. The Balaban J connectivity index is 1.87. The predicted molar refractivity (Wildman–Crippen MR) is 67.5 cm³/mol. The van der Waals surface area contributed by atoms with Crippen LogP contribution >= 0.6 is 0 Å². The molecule has 4 nitrogen and oxygen atoms in total. The van der Waals surface area contributed by atoms with Crippen molar-refractivity contribution >= 4 is 5.91 Å². The Kier molecular flexibility index (Phi) is 4.03. The van der Waals surface area contributed by atoms with Crippen LogP contribution in [-0.2, 0) is 4.79 Å². The molecule has 0 aromatic rings. The molecule has 1 amide bonds. The van der Waals surface area contributed by atoms with Crippen LogP contribution in [0, 0.1) is 12.3 Å². The lowest BCUT2D eigenvalue weighted by Gasteiger charge is -2.42. The van der Waals surface area contributed by atoms with Gasteiger partial charge in [-0.15, -0.1) is 6.42 Å². The molecule has 0 aromatic carbocycles. The van der Waals surface area contributed by atoms with Crippen molar-refractivity contribution in [1.82, 2.24) is 15.1 Å². The summed E-state index contributed by atoms with van der Waals surface area (Å²) in [7, 11) is 0. The van der Waals surface area contributed by atoms with E-state index < -0.39 is 0 Å². The molecule has 0 spiro atoms. The van der Waals surface area contributed by atoms with Gasteiger partial charge in [0.25, 0.3) is 0 Å². The maximum absolute atomic E-state index is 12.0. The van der Waals surface area contributed by atoms with Crippen molar-refractivity contribution in [2.45, 2.75) is 31.8 Å². The minimum absolute atomic E-state index is 0.180. The van der Waals surface area contributed by atoms with E-state index in [0.717, 1.165) is 13.1 Å². The first-order valence-corrected chi connectivity index (χ1v) is 6.40. The van der Waals surface area contributed by atoms with E-state index in [1.807, 2.05) is 4.90 Å². The average molecular weight is 235 g/mol. The van der Waals surface area contributed by atoms with Gasteiger partial charge in [0.2, 0.25) is 5.91 Å². The molecule has 2 fully saturated rings. The third-order valence-electron chi connectivity index (χ3n) is 3.76. The maximum atomic E-state index is 12.0. The van der Waals surface area contributed by atoms with Crippen LogP contribution in [0.5, 0.6) is 0 Å². The van der Waals surface area contributed by atoms with E-state index in [9.17, 15) is 4.79 Å². The predicted octanol–water partition coefficient (Wildman–Crippen LogP) is -0.0957. The van der Waals surface area contributed by atoms with E-state index in [4.69, 9.17) is 6.42 Å². The standard InChI is InChI=1S/C13H21N3O/c1-3-6-14-8-13(17)16-10-12-5-4-7-15(12)9-11(16)2/h1,11-12,14H,4-10H2,2H3. The van der Waals surface area contributed by atoms with E-state index >= 15 is 0 Å². The summed E-state index contributed by atoms with van der Waals surface area (Å²) in [5.41, 5.74) is 0. The molecule has 2 atom stereocenters. The van der Waals surface area contributed by atoms with Crippen molar-refractivity contribution in [3.63, 3.8) is 0 Å². The molecule has 2 rings (SSSR count). The minimum atomic E-state index is 0.180. The molecular weight excluding hydrogens is 214 g/mol. The summed E-state index contributed by atoms with van der Waals surface area (Å²) in [4.78, 5) is 16.6. The van der Waals surface area contributed by atoms with E-state index in [1.54, 1.807) is 0 Å². The summed E-state index contributed by atoms with van der Waals surface area (Å²) < 4.78 is 0. The Hall–Kier alpha value is -1.05. The second kappa shape index (κ2) is 5.52. The van der Waals surface area contributed by atoms with Gasteiger partial charge in [-0.25, -0.2) is 0 Å². The summed E-state index contributed by atoms with van der Waals surface area (Å²) in [6, 6.07) is 0.910. The van der Waals surface area contributed by atoms with Crippen LogP contribution in [0.1, 0.15) is 19.8 Å². The molecule has 4 heteroatoms. The zero-order valence-corrected chi connectivity index (χ0v) is 10.5. The number of nitrogens with one attached hydrogen (secondary N) is 1. The summed E-state index contributed by atoms with van der Waals surface area (Å²) in [6.07, 6.45) is 7.65. The first kappa shape index (κ1) is 12.4. The lowest BCUT2D eigenvalue weighted by Crippen LogP contribution is -2.58. The number of fused-ring (bicyclic) bond motifs is 1. The van der Waals surface area contributed by atoms with Crippen LogP contribution < -0.4 is 5.32 Å². The largest absolute Gasteiger partial charge is 0.336 e. The summed E-state index contributed by atoms with van der Waals surface area (Å²) in [6.45, 7) is 6.06. The fraction of sp³-hybridized carbons (Fsp3) is 0.769. The fourth-order valence-corrected chi connectivity index (χ4v) is 2.88. The summed E-state index contributed by atoms with van der Waals surface area (Å²) in [5.74, 6) is 2.66. The highest BCUT2D eigenvalue weighted by atomic mass is 16.2. The molecule has 0 radical (unpaired) electrons. The highest BCUT2D eigenvalue weighted by Gasteiger charge is 2.35. The van der Waals surface area contributed by atoms with Gasteiger partial charge in [0.15, 0.2) is 0 Å². The molecule has 2 aliphatic heterocycles. The Labute approximate surface area is 103 Å². The Bertz CT molecular complexity index is 323. The highest BCUT2D eigenvalue weighted by molar-refractivity contribution is 5.78. The van der Waals surface area contributed by atoms with E-state index in [1.165, 1.54) is 19.4 Å². The second-order valence-electron chi connectivity index (χ2n) is 4.99. The quantitative estimate of drug-likeness (QED) is 0.548. The average Bonchev–Trinajstić information content (AvgIpc) is 2.75. The minimum Gasteiger partial charge on any atom is -0.336 e. The van der Waals surface area contributed by atoms with Crippen molar-refractivity contribution < 1.29 is 4.79 Å². The molecule has 2 heterocycles. The van der Waals surface area contributed by atoms with Gasteiger partial charge < -0.3 is 4.90 Å². The van der Waals surface area contributed by atoms with Crippen molar-refractivity contribution in [1.29, 1.82) is 0 Å². The van der Waals surface area contributed by atoms with E-state index in [0.29, 0.717) is 25.2 Å². The third-order valence-corrected chi connectivity index (χ3v) is 3.76. The van der Waals surface area contributed by atoms with Crippen LogP contribution in [0.25, 0.3) is 0 Å². The molecule has 2 saturated heterocycles. The number of nitrogens with zero attached hydrogens (tertiary/aromatic N) is 2. The molecule has 0 aliphatic carbocycles. The van der Waals surface area contributed by atoms with Crippen LogP contribution in [-0.4, -0.2) is 60.5 Å². The normalized spacial score (nSPS) is 28.8. The van der Waals surface area contributed by atoms with Crippen molar-refractivity contribution in [3.8, 4) is 12.3 Å². The summed E-state index contributed by atoms with van der Waals surface area (Å²) >= 11 is 0. The Morgan fingerprint density at radius 3 is 3.12 bits per heavy atom. The number of carbonyl (C=O) groups excluding carboxylic acids is 1. The second-order valence-corrected chi connectivity index (χ2v) is 4.99. The number of amides is 1. The molecule has 2 aliphatic rings. The molecule has 2 unspecified atom stereocenters. The molecule has 1 N–H and O–H groups in total. The van der Waals surface area contributed by atoms with E-state index in [-0.39, 0.29) is 5.91 Å². The third kappa shape index (κ3) is 2.80. The van der Waals surface area contributed by atoms with Crippen LogP contribution in [0.15, 0.2) is 0 Å². The van der Waals surface area contributed by atoms with Gasteiger partial charge in [-0.3, -0.25) is 15.0 Å². The molecular formula is C13H21N3O. The smallest absolute Gasteiger partial charge is 0.236 e. The molecule has 0 aromatic heterocycles. The number of hydrogen-bond donors (Lipinski definition) is 1. The fourth-order valence-electron chi connectivity index (χ4n) is 2.88. The van der Waals surface area contributed by atoms with E-state index in [2.05, 4.69) is 23.1 Å². The molecule has 17 heavy (non-hydrogen) atoms. The van der Waals surface area contributed by atoms with Crippen molar-refractivity contribution in [3.05, 3.63) is 0 Å². The van der Waals surface area contributed by atoms with Gasteiger partial charge in [0.05, 0.1) is 13.1 Å². The van der Waals surface area contributed by atoms with Crippen LogP contribution in [0.3, 0.4) is 0 Å². The number of rotatable bonds is 3. The Morgan fingerprint density at radius 1 is 1.53 bits per heavy atom. The van der Waals surface area contributed by atoms with Gasteiger partial charge in [-0.1, -0.05) is 5.92 Å². The lowest BCUT2D eigenvalue weighted by atomic mass is 10.1. The van der Waals surface area contributed by atoms with Gasteiger partial charge in [-0.2, -0.15) is 0 Å². The number of piperazine rings is 1. The SMILES string of the molecule is C#CCNCC(=O)N1CC2CCCN2CC1C. The van der Waals surface area contributed by atoms with Crippen LogP contribution in [0.4, 0.5) is 0 Å². The first-order chi connectivity index (χ1) is 8.22. The molecule has 0 saturated carbocycles. The topological polar surface area (TPSA) is 35.6 Å². The van der Waals surface area contributed by atoms with Crippen molar-refractivity contribution in [2.24, 2.45) is 0 Å². The maximum Gasteiger partial charge on any atom is 0.236 e. The first-order valence-electron chi connectivity index (χ1n) is 6.40. The number of terminal acetylenes is 1. The van der Waals surface area contributed by atoms with Gasteiger partial charge in [-0.05, 0) is 26.3 Å². The van der Waals surface area contributed by atoms with Crippen LogP contribution in [0.2, 0.25) is 0 Å². The number of hydrogen-bond acceptors (Lipinski definition) is 3. The molecule has 94 valence electrons. The molecule has 0 bridgehead atoms. The van der Waals surface area contributed by atoms with Gasteiger partial charge in [0.1, 0.15) is 0 Å². The highest BCUT2D eigenvalue weighted by Crippen LogP contribution is 2.24. The Morgan fingerprint density at radius 2 is 2.35 bits per heavy atom. The van der Waals surface area contributed by atoms with Gasteiger partial charge >= 0.3 is 0 Å². The van der Waals surface area contributed by atoms with Crippen molar-refractivity contribution in [2.75, 3.05) is 32.7 Å². The van der Waals surface area contributed by atoms with Gasteiger partial charge in [0, 0.05) is 25.2 Å².